The Hall–Kier alpha value is -1.42. The van der Waals surface area contributed by atoms with Gasteiger partial charge in [0.15, 0.2) is 0 Å². The molecule has 1 unspecified atom stereocenters. The van der Waals surface area contributed by atoms with E-state index in [0.717, 1.165) is 24.9 Å². The summed E-state index contributed by atoms with van der Waals surface area (Å²) in [6.07, 6.45) is 5.66. The fourth-order valence-electron chi connectivity index (χ4n) is 1.41. The third kappa shape index (κ3) is 5.45. The van der Waals surface area contributed by atoms with Gasteiger partial charge in [-0.15, -0.1) is 0 Å². The summed E-state index contributed by atoms with van der Waals surface area (Å²) < 4.78 is 0. The molecule has 1 aromatic rings. The molecule has 0 spiro atoms. The molecule has 1 rings (SSSR count). The second-order valence-corrected chi connectivity index (χ2v) is 4.11. The number of amides is 1. The van der Waals surface area contributed by atoms with E-state index >= 15 is 0 Å². The third-order valence-electron chi connectivity index (χ3n) is 2.56. The lowest BCUT2D eigenvalue weighted by atomic mass is 10.2. The molecule has 4 heteroatoms. The largest absolute Gasteiger partial charge is 0.355 e. The van der Waals surface area contributed by atoms with Crippen LogP contribution in [0.2, 0.25) is 0 Å². The van der Waals surface area contributed by atoms with Crippen LogP contribution in [0.3, 0.4) is 0 Å². The Kier molecular flexibility index (Phi) is 6.25. The van der Waals surface area contributed by atoms with Crippen molar-refractivity contribution in [3.63, 3.8) is 0 Å². The molecule has 0 saturated heterocycles. The summed E-state index contributed by atoms with van der Waals surface area (Å²) in [4.78, 5) is 15.7. The Morgan fingerprint density at radius 2 is 2.35 bits per heavy atom. The van der Waals surface area contributed by atoms with Gasteiger partial charge in [0.05, 0.1) is 6.04 Å². The first-order valence-electron chi connectivity index (χ1n) is 6.14. The number of hydrogen-bond donors (Lipinski definition) is 2. The molecule has 0 fully saturated rings. The van der Waals surface area contributed by atoms with Crippen molar-refractivity contribution in [2.45, 2.75) is 39.3 Å². The lowest BCUT2D eigenvalue weighted by Gasteiger charge is -2.13. The number of nitrogens with zero attached hydrogens (tertiary/aromatic N) is 1. The minimum atomic E-state index is -0.174. The van der Waals surface area contributed by atoms with E-state index in [1.54, 1.807) is 12.4 Å². The highest BCUT2D eigenvalue weighted by atomic mass is 16.2. The van der Waals surface area contributed by atoms with Gasteiger partial charge in [0, 0.05) is 25.5 Å². The molecule has 0 saturated carbocycles. The molecule has 94 valence electrons. The second kappa shape index (κ2) is 7.79. The van der Waals surface area contributed by atoms with Gasteiger partial charge < -0.3 is 10.6 Å². The van der Waals surface area contributed by atoms with Crippen LogP contribution in [0.1, 0.15) is 32.3 Å². The van der Waals surface area contributed by atoms with Gasteiger partial charge in [0.25, 0.3) is 0 Å². The molecular weight excluding hydrogens is 214 g/mol. The quantitative estimate of drug-likeness (QED) is 0.704. The van der Waals surface area contributed by atoms with Crippen LogP contribution >= 0.6 is 0 Å². The Morgan fingerprint density at radius 3 is 3.00 bits per heavy atom. The van der Waals surface area contributed by atoms with Crippen molar-refractivity contribution in [1.82, 2.24) is 15.6 Å². The van der Waals surface area contributed by atoms with Gasteiger partial charge in [0.1, 0.15) is 0 Å². The Balaban J connectivity index is 2.24. The summed E-state index contributed by atoms with van der Waals surface area (Å²) in [5.41, 5.74) is 1.08. The first-order chi connectivity index (χ1) is 8.24. The Bertz CT molecular complexity index is 327. The summed E-state index contributed by atoms with van der Waals surface area (Å²) in [6, 6.07) is 3.71. The van der Waals surface area contributed by atoms with Crippen molar-refractivity contribution >= 4 is 5.91 Å². The summed E-state index contributed by atoms with van der Waals surface area (Å²) in [7, 11) is 0. The van der Waals surface area contributed by atoms with Crippen LogP contribution < -0.4 is 10.6 Å². The number of carbonyl (C=O) groups is 1. The number of carbonyl (C=O) groups excluding carboxylic acids is 1. The average Bonchev–Trinajstić information content (AvgIpc) is 2.37. The minimum Gasteiger partial charge on any atom is -0.355 e. The molecule has 0 bridgehead atoms. The fourth-order valence-corrected chi connectivity index (χ4v) is 1.41. The molecule has 17 heavy (non-hydrogen) atoms. The molecule has 0 aromatic carbocycles. The van der Waals surface area contributed by atoms with E-state index < -0.39 is 0 Å². The maximum Gasteiger partial charge on any atom is 0.236 e. The van der Waals surface area contributed by atoms with E-state index in [-0.39, 0.29) is 11.9 Å². The zero-order valence-electron chi connectivity index (χ0n) is 10.6. The highest BCUT2D eigenvalue weighted by molar-refractivity contribution is 5.81. The third-order valence-corrected chi connectivity index (χ3v) is 2.56. The minimum absolute atomic E-state index is 0.0577. The lowest BCUT2D eigenvalue weighted by Crippen LogP contribution is -2.42. The van der Waals surface area contributed by atoms with Gasteiger partial charge in [-0.1, -0.05) is 19.4 Å². The average molecular weight is 235 g/mol. The summed E-state index contributed by atoms with van der Waals surface area (Å²) in [6.45, 7) is 5.40. The number of hydrogen-bond acceptors (Lipinski definition) is 3. The van der Waals surface area contributed by atoms with Crippen LogP contribution in [-0.4, -0.2) is 23.5 Å². The van der Waals surface area contributed by atoms with Crippen molar-refractivity contribution in [3.05, 3.63) is 30.1 Å². The fraction of sp³-hybridized carbons (Fsp3) is 0.538. The summed E-state index contributed by atoms with van der Waals surface area (Å²) in [5, 5.41) is 6.08. The monoisotopic (exact) mass is 235 g/mol. The number of unbranched alkanes of at least 4 members (excludes halogenated alkanes) is 1. The molecule has 2 N–H and O–H groups in total. The van der Waals surface area contributed by atoms with Gasteiger partial charge in [0.2, 0.25) is 5.91 Å². The van der Waals surface area contributed by atoms with E-state index in [4.69, 9.17) is 0 Å². The van der Waals surface area contributed by atoms with Crippen LogP contribution in [0.5, 0.6) is 0 Å². The second-order valence-electron chi connectivity index (χ2n) is 4.11. The van der Waals surface area contributed by atoms with Gasteiger partial charge >= 0.3 is 0 Å². The highest BCUT2D eigenvalue weighted by Gasteiger charge is 2.10. The van der Waals surface area contributed by atoms with E-state index in [2.05, 4.69) is 22.5 Å². The molecule has 4 nitrogen and oxygen atoms in total. The predicted molar refractivity (Wildman–Crippen MR) is 68.5 cm³/mol. The number of nitrogens with one attached hydrogen (secondary N) is 2. The number of rotatable bonds is 7. The smallest absolute Gasteiger partial charge is 0.236 e. The van der Waals surface area contributed by atoms with E-state index in [0.29, 0.717) is 6.54 Å². The maximum atomic E-state index is 11.6. The molecule has 1 amide bonds. The van der Waals surface area contributed by atoms with Crippen LogP contribution in [0.4, 0.5) is 0 Å². The van der Waals surface area contributed by atoms with Crippen LogP contribution in [-0.2, 0) is 11.3 Å². The first kappa shape index (κ1) is 13.6. The molecule has 1 aromatic heterocycles. The molecule has 0 aliphatic heterocycles. The van der Waals surface area contributed by atoms with Crippen molar-refractivity contribution in [3.8, 4) is 0 Å². The van der Waals surface area contributed by atoms with Crippen LogP contribution in [0.25, 0.3) is 0 Å². The van der Waals surface area contributed by atoms with E-state index in [9.17, 15) is 4.79 Å². The lowest BCUT2D eigenvalue weighted by molar-refractivity contribution is -0.122. The zero-order chi connectivity index (χ0) is 12.5. The SMILES string of the molecule is CCCCNC(=O)C(C)NCc1cccnc1. The van der Waals surface area contributed by atoms with Crippen molar-refractivity contribution in [2.24, 2.45) is 0 Å². The van der Waals surface area contributed by atoms with E-state index in [1.807, 2.05) is 19.1 Å². The predicted octanol–water partition coefficient (Wildman–Crippen LogP) is 1.48. The zero-order valence-corrected chi connectivity index (χ0v) is 10.6. The van der Waals surface area contributed by atoms with E-state index in [1.165, 1.54) is 0 Å². The van der Waals surface area contributed by atoms with Crippen molar-refractivity contribution in [1.29, 1.82) is 0 Å². The molecule has 1 atom stereocenters. The molecular formula is C13H21N3O. The van der Waals surface area contributed by atoms with Crippen LogP contribution in [0, 0.1) is 0 Å². The number of aromatic nitrogens is 1. The topological polar surface area (TPSA) is 54.0 Å². The molecule has 0 radical (unpaired) electrons. The highest BCUT2D eigenvalue weighted by Crippen LogP contribution is 1.95. The number of pyridine rings is 1. The normalized spacial score (nSPS) is 12.1. The maximum absolute atomic E-state index is 11.6. The molecule has 1 heterocycles. The van der Waals surface area contributed by atoms with Gasteiger partial charge in [-0.25, -0.2) is 0 Å². The Morgan fingerprint density at radius 1 is 1.53 bits per heavy atom. The molecule has 0 aliphatic carbocycles. The standard InChI is InChI=1S/C13H21N3O/c1-3-4-8-15-13(17)11(2)16-10-12-6-5-7-14-9-12/h5-7,9,11,16H,3-4,8,10H2,1-2H3,(H,15,17). The van der Waals surface area contributed by atoms with Crippen molar-refractivity contribution < 1.29 is 4.79 Å². The van der Waals surface area contributed by atoms with Gasteiger partial charge in [-0.05, 0) is 25.0 Å². The van der Waals surface area contributed by atoms with Crippen LogP contribution in [0.15, 0.2) is 24.5 Å². The first-order valence-corrected chi connectivity index (χ1v) is 6.14. The van der Waals surface area contributed by atoms with Gasteiger partial charge in [-0.2, -0.15) is 0 Å². The van der Waals surface area contributed by atoms with Gasteiger partial charge in [-0.3, -0.25) is 9.78 Å². The summed E-state index contributed by atoms with van der Waals surface area (Å²) >= 11 is 0. The Labute approximate surface area is 103 Å². The van der Waals surface area contributed by atoms with Crippen molar-refractivity contribution in [2.75, 3.05) is 6.54 Å². The summed E-state index contributed by atoms with van der Waals surface area (Å²) in [5.74, 6) is 0.0577. The molecule has 0 aliphatic rings.